The van der Waals surface area contributed by atoms with Crippen molar-refractivity contribution in [2.75, 3.05) is 13.6 Å². The van der Waals surface area contributed by atoms with Gasteiger partial charge in [0, 0.05) is 19.5 Å². The molecule has 1 amide bonds. The molecule has 2 rings (SSSR count). The first-order chi connectivity index (χ1) is 9.11. The van der Waals surface area contributed by atoms with Crippen molar-refractivity contribution in [1.29, 1.82) is 0 Å². The van der Waals surface area contributed by atoms with Crippen LogP contribution < -0.4 is 5.73 Å². The van der Waals surface area contributed by atoms with Gasteiger partial charge >= 0.3 is 0 Å². The maximum Gasteiger partial charge on any atom is 0.226 e. The van der Waals surface area contributed by atoms with Crippen molar-refractivity contribution < 1.29 is 4.79 Å². The van der Waals surface area contributed by atoms with Crippen LogP contribution in [0.5, 0.6) is 0 Å². The molecule has 3 nitrogen and oxygen atoms in total. The van der Waals surface area contributed by atoms with Crippen LogP contribution in [0.4, 0.5) is 0 Å². The molecule has 0 saturated heterocycles. The summed E-state index contributed by atoms with van der Waals surface area (Å²) in [6.07, 6.45) is 3.24. The van der Waals surface area contributed by atoms with Crippen molar-refractivity contribution >= 4 is 5.91 Å². The van der Waals surface area contributed by atoms with Gasteiger partial charge in [-0.3, -0.25) is 4.79 Å². The monoisotopic (exact) mass is 260 g/mol. The number of nitrogens with two attached hydrogens (primary N) is 1. The number of benzene rings is 1. The minimum Gasteiger partial charge on any atom is -0.341 e. The summed E-state index contributed by atoms with van der Waals surface area (Å²) in [6, 6.07) is 8.33. The molecular weight excluding hydrogens is 236 g/mol. The maximum absolute atomic E-state index is 12.5. The Morgan fingerprint density at radius 3 is 2.89 bits per heavy atom. The SMILES string of the molecule is Cc1cccc(CN(C)C(=O)C2CCCC2CN)c1. The van der Waals surface area contributed by atoms with E-state index < -0.39 is 0 Å². The summed E-state index contributed by atoms with van der Waals surface area (Å²) < 4.78 is 0. The molecule has 0 radical (unpaired) electrons. The van der Waals surface area contributed by atoms with Gasteiger partial charge in [0.1, 0.15) is 0 Å². The van der Waals surface area contributed by atoms with Crippen molar-refractivity contribution in [3.63, 3.8) is 0 Å². The summed E-state index contributed by atoms with van der Waals surface area (Å²) in [7, 11) is 1.90. The quantitative estimate of drug-likeness (QED) is 0.903. The van der Waals surface area contributed by atoms with Gasteiger partial charge in [0.2, 0.25) is 5.91 Å². The highest BCUT2D eigenvalue weighted by Crippen LogP contribution is 2.32. The number of hydrogen-bond donors (Lipinski definition) is 1. The Hall–Kier alpha value is -1.35. The van der Waals surface area contributed by atoms with Crippen LogP contribution in [0.2, 0.25) is 0 Å². The number of hydrogen-bond acceptors (Lipinski definition) is 2. The maximum atomic E-state index is 12.5. The largest absolute Gasteiger partial charge is 0.341 e. The Kier molecular flexibility index (Phi) is 4.59. The van der Waals surface area contributed by atoms with Crippen molar-refractivity contribution in [2.24, 2.45) is 17.6 Å². The predicted octanol–water partition coefficient (Wildman–Crippen LogP) is 2.33. The summed E-state index contributed by atoms with van der Waals surface area (Å²) >= 11 is 0. The van der Waals surface area contributed by atoms with Gasteiger partial charge in [-0.1, -0.05) is 36.2 Å². The van der Waals surface area contributed by atoms with Gasteiger partial charge in [0.15, 0.2) is 0 Å². The first-order valence-corrected chi connectivity index (χ1v) is 7.12. The van der Waals surface area contributed by atoms with Gasteiger partial charge in [-0.05, 0) is 37.8 Å². The van der Waals surface area contributed by atoms with Gasteiger partial charge < -0.3 is 10.6 Å². The minimum atomic E-state index is 0.139. The Morgan fingerprint density at radius 1 is 1.42 bits per heavy atom. The normalized spacial score (nSPS) is 22.5. The molecule has 104 valence electrons. The molecular formula is C16H24N2O. The summed E-state index contributed by atoms with van der Waals surface area (Å²) in [6.45, 7) is 3.40. The van der Waals surface area contributed by atoms with Crippen LogP contribution in [-0.4, -0.2) is 24.4 Å². The fourth-order valence-corrected chi connectivity index (χ4v) is 3.09. The molecule has 2 N–H and O–H groups in total. The summed E-state index contributed by atoms with van der Waals surface area (Å²) in [5.74, 6) is 0.779. The van der Waals surface area contributed by atoms with E-state index in [1.54, 1.807) is 0 Å². The highest BCUT2D eigenvalue weighted by molar-refractivity contribution is 5.79. The molecule has 1 aromatic carbocycles. The zero-order valence-corrected chi connectivity index (χ0v) is 11.9. The van der Waals surface area contributed by atoms with E-state index >= 15 is 0 Å². The number of aryl methyl sites for hydroxylation is 1. The van der Waals surface area contributed by atoms with Crippen molar-refractivity contribution in [3.05, 3.63) is 35.4 Å². The van der Waals surface area contributed by atoms with Gasteiger partial charge in [-0.2, -0.15) is 0 Å². The summed E-state index contributed by atoms with van der Waals surface area (Å²) in [5.41, 5.74) is 8.19. The van der Waals surface area contributed by atoms with Crippen LogP contribution in [0.1, 0.15) is 30.4 Å². The second-order valence-corrected chi connectivity index (χ2v) is 5.72. The minimum absolute atomic E-state index is 0.139. The molecule has 1 fully saturated rings. The molecule has 19 heavy (non-hydrogen) atoms. The van der Waals surface area contributed by atoms with Crippen molar-refractivity contribution in [2.45, 2.75) is 32.7 Å². The van der Waals surface area contributed by atoms with Crippen LogP contribution in [0.3, 0.4) is 0 Å². The van der Waals surface area contributed by atoms with E-state index in [0.29, 0.717) is 19.0 Å². The van der Waals surface area contributed by atoms with E-state index in [-0.39, 0.29) is 11.8 Å². The average molecular weight is 260 g/mol. The third kappa shape index (κ3) is 3.35. The molecule has 0 bridgehead atoms. The summed E-state index contributed by atoms with van der Waals surface area (Å²) in [4.78, 5) is 14.3. The van der Waals surface area contributed by atoms with E-state index in [1.807, 2.05) is 18.0 Å². The third-order valence-electron chi connectivity index (χ3n) is 4.16. The number of carbonyl (C=O) groups is 1. The molecule has 3 heteroatoms. The van der Waals surface area contributed by atoms with Crippen LogP contribution in [0, 0.1) is 18.8 Å². The van der Waals surface area contributed by atoms with Crippen molar-refractivity contribution in [1.82, 2.24) is 4.90 Å². The first kappa shape index (κ1) is 14.1. The molecule has 0 spiro atoms. The lowest BCUT2D eigenvalue weighted by molar-refractivity contribution is -0.135. The molecule has 1 saturated carbocycles. The first-order valence-electron chi connectivity index (χ1n) is 7.12. The summed E-state index contributed by atoms with van der Waals surface area (Å²) in [5, 5.41) is 0. The van der Waals surface area contributed by atoms with E-state index in [1.165, 1.54) is 11.1 Å². The molecule has 1 aliphatic rings. The van der Waals surface area contributed by atoms with Gasteiger partial charge in [-0.15, -0.1) is 0 Å². The van der Waals surface area contributed by atoms with Crippen LogP contribution in [-0.2, 0) is 11.3 Å². The van der Waals surface area contributed by atoms with E-state index in [0.717, 1.165) is 19.3 Å². The average Bonchev–Trinajstić information content (AvgIpc) is 2.86. The Morgan fingerprint density at radius 2 is 2.21 bits per heavy atom. The van der Waals surface area contributed by atoms with E-state index in [4.69, 9.17) is 5.73 Å². The predicted molar refractivity (Wildman–Crippen MR) is 77.5 cm³/mol. The number of carbonyl (C=O) groups excluding carboxylic acids is 1. The smallest absolute Gasteiger partial charge is 0.226 e. The second kappa shape index (κ2) is 6.20. The van der Waals surface area contributed by atoms with Crippen LogP contribution >= 0.6 is 0 Å². The van der Waals surface area contributed by atoms with Gasteiger partial charge in [-0.25, -0.2) is 0 Å². The molecule has 1 aromatic rings. The van der Waals surface area contributed by atoms with Gasteiger partial charge in [0.05, 0.1) is 0 Å². The number of amides is 1. The van der Waals surface area contributed by atoms with E-state index in [9.17, 15) is 4.79 Å². The molecule has 0 heterocycles. The van der Waals surface area contributed by atoms with Crippen LogP contribution in [0.15, 0.2) is 24.3 Å². The number of nitrogens with zero attached hydrogens (tertiary/aromatic N) is 1. The molecule has 2 atom stereocenters. The second-order valence-electron chi connectivity index (χ2n) is 5.72. The third-order valence-corrected chi connectivity index (χ3v) is 4.16. The van der Waals surface area contributed by atoms with Crippen LogP contribution in [0.25, 0.3) is 0 Å². The fraction of sp³-hybridized carbons (Fsp3) is 0.562. The molecule has 1 aliphatic carbocycles. The zero-order valence-electron chi connectivity index (χ0n) is 11.9. The zero-order chi connectivity index (χ0) is 13.8. The molecule has 0 aromatic heterocycles. The Balaban J connectivity index is 1.99. The topological polar surface area (TPSA) is 46.3 Å². The fourth-order valence-electron chi connectivity index (χ4n) is 3.09. The standard InChI is InChI=1S/C16H24N2O/c1-12-5-3-6-13(9-12)11-18(2)16(19)15-8-4-7-14(15)10-17/h3,5-6,9,14-15H,4,7-8,10-11,17H2,1-2H3. The number of rotatable bonds is 4. The highest BCUT2D eigenvalue weighted by Gasteiger charge is 2.33. The lowest BCUT2D eigenvalue weighted by Crippen LogP contribution is -2.36. The van der Waals surface area contributed by atoms with Crippen molar-refractivity contribution in [3.8, 4) is 0 Å². The lowest BCUT2D eigenvalue weighted by atomic mass is 9.94. The Bertz CT molecular complexity index is 444. The molecule has 2 unspecified atom stereocenters. The molecule has 0 aliphatic heterocycles. The van der Waals surface area contributed by atoms with Gasteiger partial charge in [0.25, 0.3) is 0 Å². The Labute approximate surface area is 115 Å². The lowest BCUT2D eigenvalue weighted by Gasteiger charge is -2.24. The highest BCUT2D eigenvalue weighted by atomic mass is 16.2. The van der Waals surface area contributed by atoms with E-state index in [2.05, 4.69) is 25.1 Å².